The third kappa shape index (κ3) is 2.66. The van der Waals surface area contributed by atoms with E-state index in [1.807, 2.05) is 6.07 Å². The van der Waals surface area contributed by atoms with E-state index in [-0.39, 0.29) is 4.90 Å². The van der Waals surface area contributed by atoms with E-state index in [4.69, 9.17) is 5.73 Å². The van der Waals surface area contributed by atoms with Crippen LogP contribution < -0.4 is 10.0 Å². The Bertz CT molecular complexity index is 700. The largest absolute Gasteiger partial charge is 0.326 e. The zero-order chi connectivity index (χ0) is 14.8. The van der Waals surface area contributed by atoms with Crippen LogP contribution in [0.4, 0.5) is 5.69 Å². The Morgan fingerprint density at radius 2 is 1.85 bits per heavy atom. The summed E-state index contributed by atoms with van der Waals surface area (Å²) in [4.78, 5) is 4.17. The second kappa shape index (κ2) is 5.60. The van der Waals surface area contributed by atoms with Crippen molar-refractivity contribution in [3.63, 3.8) is 0 Å². The first-order chi connectivity index (χ1) is 9.46. The second-order valence-corrected chi connectivity index (χ2v) is 6.42. The van der Waals surface area contributed by atoms with Crippen LogP contribution in [0, 0.1) is 6.92 Å². The molecule has 0 fully saturated rings. The van der Waals surface area contributed by atoms with Crippen LogP contribution in [0.15, 0.2) is 47.6 Å². The summed E-state index contributed by atoms with van der Waals surface area (Å²) in [6, 6.07) is 8.54. The molecule has 0 aliphatic carbocycles. The van der Waals surface area contributed by atoms with Crippen molar-refractivity contribution in [2.24, 2.45) is 5.73 Å². The van der Waals surface area contributed by atoms with Crippen molar-refractivity contribution in [3.8, 4) is 0 Å². The van der Waals surface area contributed by atoms with Gasteiger partial charge in [0.2, 0.25) is 0 Å². The maximum Gasteiger partial charge on any atom is 0.264 e. The van der Waals surface area contributed by atoms with E-state index < -0.39 is 10.0 Å². The summed E-state index contributed by atoms with van der Waals surface area (Å²) in [6.45, 7) is 2.08. The molecule has 0 atom stereocenters. The van der Waals surface area contributed by atoms with Crippen molar-refractivity contribution >= 4 is 15.7 Å². The fourth-order valence-corrected chi connectivity index (χ4v) is 3.36. The minimum atomic E-state index is -3.61. The van der Waals surface area contributed by atoms with Crippen molar-refractivity contribution in [1.29, 1.82) is 0 Å². The molecule has 0 aliphatic heterocycles. The number of rotatable bonds is 4. The molecule has 0 saturated carbocycles. The third-order valence-electron chi connectivity index (χ3n) is 3.15. The predicted octanol–water partition coefficient (Wildman–Crippen LogP) is 1.67. The lowest BCUT2D eigenvalue weighted by Crippen LogP contribution is -2.27. The molecule has 1 aromatic carbocycles. The van der Waals surface area contributed by atoms with E-state index in [1.165, 1.54) is 11.4 Å². The summed E-state index contributed by atoms with van der Waals surface area (Å²) in [7, 11) is -2.08. The molecule has 5 nitrogen and oxygen atoms in total. The molecule has 0 amide bonds. The minimum Gasteiger partial charge on any atom is -0.326 e. The van der Waals surface area contributed by atoms with E-state index in [0.29, 0.717) is 17.8 Å². The van der Waals surface area contributed by atoms with Gasteiger partial charge in [0.25, 0.3) is 10.0 Å². The molecule has 1 aromatic heterocycles. The van der Waals surface area contributed by atoms with Crippen LogP contribution in [0.3, 0.4) is 0 Å². The highest BCUT2D eigenvalue weighted by molar-refractivity contribution is 7.92. The van der Waals surface area contributed by atoms with E-state index >= 15 is 0 Å². The highest BCUT2D eigenvalue weighted by Crippen LogP contribution is 2.24. The molecule has 0 radical (unpaired) electrons. The van der Waals surface area contributed by atoms with E-state index in [0.717, 1.165) is 5.56 Å². The van der Waals surface area contributed by atoms with Crippen molar-refractivity contribution < 1.29 is 8.42 Å². The quantitative estimate of drug-likeness (QED) is 0.929. The van der Waals surface area contributed by atoms with Gasteiger partial charge in [-0.3, -0.25) is 9.29 Å². The summed E-state index contributed by atoms with van der Waals surface area (Å²) >= 11 is 0. The number of hydrogen-bond acceptors (Lipinski definition) is 4. The van der Waals surface area contributed by atoms with Gasteiger partial charge in [-0.1, -0.05) is 12.1 Å². The summed E-state index contributed by atoms with van der Waals surface area (Å²) < 4.78 is 26.6. The molecule has 2 N–H and O–H groups in total. The molecule has 0 unspecified atom stereocenters. The van der Waals surface area contributed by atoms with Crippen molar-refractivity contribution in [2.75, 3.05) is 11.4 Å². The van der Waals surface area contributed by atoms with Crippen molar-refractivity contribution in [2.45, 2.75) is 18.4 Å². The zero-order valence-electron chi connectivity index (χ0n) is 11.4. The van der Waals surface area contributed by atoms with E-state index in [9.17, 15) is 8.42 Å². The van der Waals surface area contributed by atoms with Gasteiger partial charge in [0.05, 0.1) is 10.6 Å². The Morgan fingerprint density at radius 1 is 1.20 bits per heavy atom. The summed E-state index contributed by atoms with van der Waals surface area (Å²) in [5, 5.41) is 0. The highest BCUT2D eigenvalue weighted by Gasteiger charge is 2.23. The number of nitrogens with two attached hydrogens (primary N) is 1. The monoisotopic (exact) mass is 291 g/mol. The van der Waals surface area contributed by atoms with E-state index in [2.05, 4.69) is 4.98 Å². The molecule has 2 rings (SSSR count). The van der Waals surface area contributed by atoms with Gasteiger partial charge in [-0.2, -0.15) is 0 Å². The van der Waals surface area contributed by atoms with Crippen molar-refractivity contribution in [3.05, 3.63) is 53.9 Å². The van der Waals surface area contributed by atoms with Gasteiger partial charge >= 0.3 is 0 Å². The number of aryl methyl sites for hydroxylation is 1. The van der Waals surface area contributed by atoms with Crippen molar-refractivity contribution in [1.82, 2.24) is 4.98 Å². The van der Waals surface area contributed by atoms with Gasteiger partial charge in [-0.25, -0.2) is 8.42 Å². The van der Waals surface area contributed by atoms with Gasteiger partial charge < -0.3 is 5.73 Å². The lowest BCUT2D eigenvalue weighted by molar-refractivity contribution is 0.593. The number of pyridine rings is 1. The van der Waals surface area contributed by atoms with Crippen LogP contribution in [-0.2, 0) is 16.6 Å². The van der Waals surface area contributed by atoms with Crippen LogP contribution in [-0.4, -0.2) is 20.4 Å². The topological polar surface area (TPSA) is 76.3 Å². The number of sulfonamides is 1. The smallest absolute Gasteiger partial charge is 0.264 e. The molecule has 0 saturated heterocycles. The molecule has 20 heavy (non-hydrogen) atoms. The first-order valence-corrected chi connectivity index (χ1v) is 7.59. The number of benzene rings is 1. The molecule has 2 aromatic rings. The maximum atomic E-state index is 12.7. The lowest BCUT2D eigenvalue weighted by Gasteiger charge is -2.20. The normalized spacial score (nSPS) is 11.3. The van der Waals surface area contributed by atoms with Gasteiger partial charge in [0, 0.05) is 26.0 Å². The fraction of sp³-hybridized carbons (Fsp3) is 0.214. The van der Waals surface area contributed by atoms with Gasteiger partial charge in [0.1, 0.15) is 0 Å². The minimum absolute atomic E-state index is 0.278. The van der Waals surface area contributed by atoms with Gasteiger partial charge in [-0.05, 0) is 36.2 Å². The third-order valence-corrected chi connectivity index (χ3v) is 5.08. The summed E-state index contributed by atoms with van der Waals surface area (Å²) in [6.07, 6.45) is 3.12. The van der Waals surface area contributed by atoms with Crippen LogP contribution in [0.1, 0.15) is 11.1 Å². The van der Waals surface area contributed by atoms with Gasteiger partial charge in [-0.15, -0.1) is 0 Å². The summed E-state index contributed by atoms with van der Waals surface area (Å²) in [5.74, 6) is 0. The average Bonchev–Trinajstić information content (AvgIpc) is 2.47. The average molecular weight is 291 g/mol. The second-order valence-electron chi connectivity index (χ2n) is 4.48. The molecular formula is C14H17N3O2S. The molecule has 6 heteroatoms. The standard InChI is InChI=1S/C14H17N3O2S/c1-11-3-4-12(10-15)9-14(11)20(18,19)17(2)13-5-7-16-8-6-13/h3-9H,10,15H2,1-2H3. The molecule has 106 valence electrons. The fourth-order valence-electron chi connectivity index (χ4n) is 1.89. The van der Waals surface area contributed by atoms with Crippen LogP contribution in [0.2, 0.25) is 0 Å². The Morgan fingerprint density at radius 3 is 2.45 bits per heavy atom. The van der Waals surface area contributed by atoms with Crippen LogP contribution in [0.25, 0.3) is 0 Å². The SMILES string of the molecule is Cc1ccc(CN)cc1S(=O)(=O)N(C)c1ccncc1. The number of nitrogens with zero attached hydrogens (tertiary/aromatic N) is 2. The maximum absolute atomic E-state index is 12.7. The van der Waals surface area contributed by atoms with Crippen LogP contribution in [0.5, 0.6) is 0 Å². The van der Waals surface area contributed by atoms with Gasteiger partial charge in [0.15, 0.2) is 0 Å². The zero-order valence-corrected chi connectivity index (χ0v) is 12.3. The number of aromatic nitrogens is 1. The Balaban J connectivity index is 2.50. The molecule has 0 bridgehead atoms. The molecular weight excluding hydrogens is 274 g/mol. The Labute approximate surface area is 119 Å². The molecule has 1 heterocycles. The first kappa shape index (κ1) is 14.5. The molecule has 0 aliphatic rings. The van der Waals surface area contributed by atoms with E-state index in [1.54, 1.807) is 43.6 Å². The van der Waals surface area contributed by atoms with Crippen LogP contribution >= 0.6 is 0 Å². The summed E-state index contributed by atoms with van der Waals surface area (Å²) in [5.41, 5.74) is 7.64. The number of anilines is 1. The Kier molecular flexibility index (Phi) is 4.06. The first-order valence-electron chi connectivity index (χ1n) is 6.15. The lowest BCUT2D eigenvalue weighted by atomic mass is 10.1. The molecule has 0 spiro atoms. The Hall–Kier alpha value is -1.92. The highest BCUT2D eigenvalue weighted by atomic mass is 32.2. The predicted molar refractivity (Wildman–Crippen MR) is 78.9 cm³/mol. The number of hydrogen-bond donors (Lipinski definition) is 1.